The number of carbonyl (C=O) groups is 1. The van der Waals surface area contributed by atoms with Gasteiger partial charge < -0.3 is 30.8 Å². The summed E-state index contributed by atoms with van der Waals surface area (Å²) in [6, 6.07) is 4.75. The van der Waals surface area contributed by atoms with Gasteiger partial charge in [-0.05, 0) is 18.6 Å². The molecule has 0 aliphatic rings. The molecule has 0 heterocycles. The zero-order chi connectivity index (χ0) is 16.6. The third kappa shape index (κ3) is 2.42. The summed E-state index contributed by atoms with van der Waals surface area (Å²) in [6.07, 6.45) is 0. The fraction of sp³-hybridized carbons (Fsp3) is 0.0714. The molecule has 6 N–H and O–H groups in total. The number of aryl methyl sites for hydroxylation is 1. The van der Waals surface area contributed by atoms with E-state index in [2.05, 4.69) is 5.32 Å². The van der Waals surface area contributed by atoms with Crippen molar-refractivity contribution in [1.82, 2.24) is 0 Å². The van der Waals surface area contributed by atoms with Gasteiger partial charge in [-0.15, -0.1) is 0 Å². The Labute approximate surface area is 129 Å². The van der Waals surface area contributed by atoms with Gasteiger partial charge in [-0.25, -0.2) is 0 Å². The average molecular weight is 326 g/mol. The van der Waals surface area contributed by atoms with E-state index < -0.39 is 40.3 Å². The zero-order valence-electron chi connectivity index (χ0n) is 11.3. The number of nitrogens with one attached hydrogen (secondary N) is 1. The number of amides is 1. The van der Waals surface area contributed by atoms with Gasteiger partial charge >= 0.3 is 0 Å². The first-order chi connectivity index (χ1) is 10.3. The number of hydrogen-bond acceptors (Lipinski definition) is 6. The highest BCUT2D eigenvalue weighted by atomic mass is 35.5. The zero-order valence-corrected chi connectivity index (χ0v) is 12.0. The van der Waals surface area contributed by atoms with E-state index in [1.165, 1.54) is 6.07 Å². The first-order valence-electron chi connectivity index (χ1n) is 6.01. The van der Waals surface area contributed by atoms with Gasteiger partial charge in [-0.3, -0.25) is 4.79 Å². The van der Waals surface area contributed by atoms with Gasteiger partial charge in [0.05, 0.1) is 10.6 Å². The predicted molar refractivity (Wildman–Crippen MR) is 78.9 cm³/mol. The van der Waals surface area contributed by atoms with Crippen LogP contribution in [0.5, 0.6) is 28.7 Å². The molecule has 22 heavy (non-hydrogen) atoms. The van der Waals surface area contributed by atoms with Crippen molar-refractivity contribution in [1.29, 1.82) is 0 Å². The second kappa shape index (κ2) is 5.53. The van der Waals surface area contributed by atoms with E-state index in [-0.39, 0.29) is 10.6 Å². The summed E-state index contributed by atoms with van der Waals surface area (Å²) < 4.78 is 0. The highest BCUT2D eigenvalue weighted by Gasteiger charge is 2.25. The van der Waals surface area contributed by atoms with Crippen molar-refractivity contribution in [2.24, 2.45) is 0 Å². The minimum Gasteiger partial charge on any atom is -0.503 e. The van der Waals surface area contributed by atoms with Crippen LogP contribution in [-0.4, -0.2) is 31.4 Å². The Morgan fingerprint density at radius 1 is 0.955 bits per heavy atom. The highest BCUT2D eigenvalue weighted by molar-refractivity contribution is 6.34. The molecule has 0 fully saturated rings. The largest absolute Gasteiger partial charge is 0.503 e. The maximum atomic E-state index is 12.2. The molecule has 0 atom stereocenters. The van der Waals surface area contributed by atoms with Crippen LogP contribution in [0.3, 0.4) is 0 Å². The van der Waals surface area contributed by atoms with Gasteiger partial charge in [0.15, 0.2) is 11.5 Å². The molecule has 0 saturated carbocycles. The molecule has 0 unspecified atom stereocenters. The molecule has 116 valence electrons. The lowest BCUT2D eigenvalue weighted by Gasteiger charge is -2.14. The van der Waals surface area contributed by atoms with Crippen LogP contribution in [0.15, 0.2) is 18.2 Å². The minimum atomic E-state index is -1.11. The van der Waals surface area contributed by atoms with Crippen molar-refractivity contribution < 1.29 is 30.3 Å². The van der Waals surface area contributed by atoms with Gasteiger partial charge in [0.25, 0.3) is 5.91 Å². The lowest BCUT2D eigenvalue weighted by molar-refractivity contribution is 0.102. The molecule has 0 aliphatic heterocycles. The highest BCUT2D eigenvalue weighted by Crippen LogP contribution is 2.53. The number of phenolic OH excluding ortho intramolecular Hbond substituents is 5. The van der Waals surface area contributed by atoms with Crippen LogP contribution in [0, 0.1) is 6.92 Å². The van der Waals surface area contributed by atoms with E-state index in [1.54, 1.807) is 19.1 Å². The second-order valence-electron chi connectivity index (χ2n) is 4.50. The SMILES string of the molecule is Cc1cccc(Cl)c1C(=O)Nc1c(O)c(O)c(O)c(O)c1O. The molecule has 1 amide bonds. The standard InChI is InChI=1S/C14H12ClNO6/c1-5-3-2-4-6(15)7(5)14(22)16-8-9(17)11(19)13(21)12(20)10(8)18/h2-4,17-21H,1H3,(H,16,22). The van der Waals surface area contributed by atoms with E-state index in [0.29, 0.717) is 5.56 Å². The van der Waals surface area contributed by atoms with Crippen LogP contribution in [0.4, 0.5) is 5.69 Å². The Kier molecular flexibility index (Phi) is 3.92. The molecule has 2 aromatic carbocycles. The third-order valence-corrected chi connectivity index (χ3v) is 3.37. The Hall–Kier alpha value is -2.80. The van der Waals surface area contributed by atoms with E-state index in [1.807, 2.05) is 0 Å². The number of anilines is 1. The summed E-state index contributed by atoms with van der Waals surface area (Å²) in [4.78, 5) is 12.2. The molecule has 2 aromatic rings. The Bertz CT molecular complexity index is 725. The van der Waals surface area contributed by atoms with Gasteiger partial charge in [0, 0.05) is 0 Å². The number of aromatic hydroxyl groups is 5. The molecule has 0 spiro atoms. The van der Waals surface area contributed by atoms with Gasteiger partial charge in [0.1, 0.15) is 5.69 Å². The Morgan fingerprint density at radius 3 is 1.95 bits per heavy atom. The van der Waals surface area contributed by atoms with Crippen molar-refractivity contribution in [3.05, 3.63) is 34.3 Å². The van der Waals surface area contributed by atoms with E-state index >= 15 is 0 Å². The lowest BCUT2D eigenvalue weighted by Crippen LogP contribution is -2.14. The Balaban J connectivity index is 2.50. The van der Waals surface area contributed by atoms with Crippen molar-refractivity contribution >= 4 is 23.2 Å². The van der Waals surface area contributed by atoms with Crippen LogP contribution in [-0.2, 0) is 0 Å². The number of halogens is 1. The fourth-order valence-electron chi connectivity index (χ4n) is 1.90. The van der Waals surface area contributed by atoms with Crippen molar-refractivity contribution in [3.8, 4) is 28.7 Å². The lowest BCUT2D eigenvalue weighted by atomic mass is 10.1. The molecule has 0 aromatic heterocycles. The van der Waals surface area contributed by atoms with Gasteiger partial charge in [-0.1, -0.05) is 23.7 Å². The maximum Gasteiger partial charge on any atom is 0.257 e. The summed E-state index contributed by atoms with van der Waals surface area (Å²) >= 11 is 5.93. The minimum absolute atomic E-state index is 0.0926. The normalized spacial score (nSPS) is 10.5. The predicted octanol–water partition coefficient (Wildman–Crippen LogP) is 2.43. The quantitative estimate of drug-likeness (QED) is 0.371. The number of carbonyl (C=O) groups excluding carboxylic acids is 1. The average Bonchev–Trinajstić information content (AvgIpc) is 2.47. The Morgan fingerprint density at radius 2 is 1.45 bits per heavy atom. The molecule has 0 saturated heterocycles. The van der Waals surface area contributed by atoms with Crippen molar-refractivity contribution in [3.63, 3.8) is 0 Å². The molecule has 2 rings (SSSR count). The maximum absolute atomic E-state index is 12.2. The summed E-state index contributed by atoms with van der Waals surface area (Å²) in [7, 11) is 0. The molecule has 0 aliphatic carbocycles. The molecule has 0 bridgehead atoms. The topological polar surface area (TPSA) is 130 Å². The number of benzene rings is 2. The summed E-state index contributed by atoms with van der Waals surface area (Å²) in [5, 5.41) is 49.8. The van der Waals surface area contributed by atoms with Crippen molar-refractivity contribution in [2.75, 3.05) is 5.32 Å². The van der Waals surface area contributed by atoms with Crippen LogP contribution < -0.4 is 5.32 Å². The first kappa shape index (κ1) is 15.6. The summed E-state index contributed by atoms with van der Waals surface area (Å²) in [5.41, 5.74) is -0.0247. The number of phenols is 5. The van der Waals surface area contributed by atoms with Gasteiger partial charge in [-0.2, -0.15) is 0 Å². The van der Waals surface area contributed by atoms with Crippen LogP contribution in [0.2, 0.25) is 5.02 Å². The number of hydrogen-bond donors (Lipinski definition) is 6. The van der Waals surface area contributed by atoms with E-state index in [9.17, 15) is 30.3 Å². The van der Waals surface area contributed by atoms with E-state index in [0.717, 1.165) is 0 Å². The monoisotopic (exact) mass is 325 g/mol. The number of rotatable bonds is 2. The summed E-state index contributed by atoms with van der Waals surface area (Å²) in [5.74, 6) is -6.04. The smallest absolute Gasteiger partial charge is 0.257 e. The molecule has 8 heteroatoms. The van der Waals surface area contributed by atoms with Crippen LogP contribution >= 0.6 is 11.6 Å². The van der Waals surface area contributed by atoms with Crippen LogP contribution in [0.25, 0.3) is 0 Å². The first-order valence-corrected chi connectivity index (χ1v) is 6.38. The van der Waals surface area contributed by atoms with Crippen LogP contribution in [0.1, 0.15) is 15.9 Å². The second-order valence-corrected chi connectivity index (χ2v) is 4.91. The molecular weight excluding hydrogens is 314 g/mol. The molecule has 0 radical (unpaired) electrons. The fourth-order valence-corrected chi connectivity index (χ4v) is 2.21. The third-order valence-electron chi connectivity index (χ3n) is 3.06. The van der Waals surface area contributed by atoms with Crippen molar-refractivity contribution in [2.45, 2.75) is 6.92 Å². The molecule has 7 nitrogen and oxygen atoms in total. The van der Waals surface area contributed by atoms with Gasteiger partial charge in [0.2, 0.25) is 17.2 Å². The molecular formula is C14H12ClNO6. The van der Waals surface area contributed by atoms with E-state index in [4.69, 9.17) is 11.6 Å². The summed E-state index contributed by atoms with van der Waals surface area (Å²) in [6.45, 7) is 1.63.